The van der Waals surface area contributed by atoms with Crippen LogP contribution in [0.1, 0.15) is 46.7 Å². The number of hydrogen-bond donors (Lipinski definition) is 8. The summed E-state index contributed by atoms with van der Waals surface area (Å²) in [7, 11) is 0. The zero-order valence-corrected chi connectivity index (χ0v) is 21.0. The summed E-state index contributed by atoms with van der Waals surface area (Å²) in [6.07, 6.45) is -7.67. The van der Waals surface area contributed by atoms with Crippen molar-refractivity contribution in [3.05, 3.63) is 82.9 Å². The summed E-state index contributed by atoms with van der Waals surface area (Å²) >= 11 is 0. The van der Waals surface area contributed by atoms with Crippen molar-refractivity contribution in [2.75, 3.05) is 0 Å². The summed E-state index contributed by atoms with van der Waals surface area (Å²) in [5.74, 6) is -2.02. The number of phenols is 5. The molecule has 0 saturated heterocycles. The molecule has 3 heterocycles. The predicted octanol–water partition coefficient (Wildman–Crippen LogP) is 3.34. The van der Waals surface area contributed by atoms with E-state index in [1.165, 1.54) is 60.7 Å². The molecule has 0 aromatic heterocycles. The number of hydrogen-bond acceptors (Lipinski definition) is 11. The molecular formula is C30H24O11. The van der Waals surface area contributed by atoms with Crippen molar-refractivity contribution in [3.63, 3.8) is 0 Å². The summed E-state index contributed by atoms with van der Waals surface area (Å²) in [5.41, 5.74) is 1.59. The van der Waals surface area contributed by atoms with Crippen molar-refractivity contribution >= 4 is 0 Å². The molecule has 0 amide bonds. The molecule has 0 saturated carbocycles. The number of benzene rings is 4. The van der Waals surface area contributed by atoms with Gasteiger partial charge in [0.05, 0.1) is 0 Å². The van der Waals surface area contributed by atoms with Crippen LogP contribution in [0.4, 0.5) is 0 Å². The number of ether oxygens (including phenoxy) is 3. The normalized spacial score (nSPS) is 25.5. The molecule has 3 aliphatic rings. The van der Waals surface area contributed by atoms with Crippen LogP contribution in [0.25, 0.3) is 11.1 Å². The Morgan fingerprint density at radius 3 is 1.66 bits per heavy atom. The molecule has 210 valence electrons. The monoisotopic (exact) mass is 560 g/mol. The van der Waals surface area contributed by atoms with Gasteiger partial charge in [-0.1, -0.05) is 24.3 Å². The van der Waals surface area contributed by atoms with Crippen molar-refractivity contribution in [2.24, 2.45) is 0 Å². The van der Waals surface area contributed by atoms with Gasteiger partial charge in [0.1, 0.15) is 29.8 Å². The Hall–Kier alpha value is -4.84. The summed E-state index contributed by atoms with van der Waals surface area (Å²) < 4.78 is 18.1. The van der Waals surface area contributed by atoms with E-state index < -0.39 is 53.9 Å². The SMILES string of the molecule is Oc1ccc([C@H]2Oc3c(cc4c(c3O)O[C@H]3c5c-4cc(O)c(O)c5O[C@H](c4ccc(O)cc4)[C@@H]3O)[C@@H](O)[C@@H]2O)cc1. The fraction of sp³-hybridized carbons (Fsp3) is 0.200. The minimum absolute atomic E-state index is 0.00161. The molecule has 0 spiro atoms. The van der Waals surface area contributed by atoms with Crippen molar-refractivity contribution in [2.45, 2.75) is 36.6 Å². The smallest absolute Gasteiger partial charge is 0.201 e. The minimum Gasteiger partial charge on any atom is -0.508 e. The first-order valence-corrected chi connectivity index (χ1v) is 12.7. The molecule has 8 N–H and O–H groups in total. The van der Waals surface area contributed by atoms with E-state index in [0.717, 1.165) is 0 Å². The van der Waals surface area contributed by atoms with Gasteiger partial charge in [0.2, 0.25) is 11.5 Å². The van der Waals surface area contributed by atoms with E-state index in [2.05, 4.69) is 0 Å². The third-order valence-corrected chi connectivity index (χ3v) is 7.84. The highest BCUT2D eigenvalue weighted by Gasteiger charge is 2.48. The maximum Gasteiger partial charge on any atom is 0.201 e. The minimum atomic E-state index is -1.51. The lowest BCUT2D eigenvalue weighted by Gasteiger charge is -2.42. The van der Waals surface area contributed by atoms with Crippen LogP contribution in [0.2, 0.25) is 0 Å². The lowest BCUT2D eigenvalue weighted by atomic mass is 9.82. The summed E-state index contributed by atoms with van der Waals surface area (Å²) in [6.45, 7) is 0. The first-order valence-electron chi connectivity index (χ1n) is 12.7. The van der Waals surface area contributed by atoms with Gasteiger partial charge in [-0.25, -0.2) is 0 Å². The fourth-order valence-electron chi connectivity index (χ4n) is 5.78. The zero-order chi connectivity index (χ0) is 28.7. The molecule has 3 aliphatic heterocycles. The highest BCUT2D eigenvalue weighted by molar-refractivity contribution is 5.86. The van der Waals surface area contributed by atoms with Crippen LogP contribution in [-0.4, -0.2) is 53.1 Å². The Kier molecular flexibility index (Phi) is 5.42. The Bertz CT molecular complexity index is 1680. The van der Waals surface area contributed by atoms with E-state index in [-0.39, 0.29) is 51.0 Å². The Labute approximate surface area is 231 Å². The lowest BCUT2D eigenvalue weighted by molar-refractivity contribution is -0.0726. The van der Waals surface area contributed by atoms with Crippen LogP contribution < -0.4 is 14.2 Å². The van der Waals surface area contributed by atoms with Gasteiger partial charge in [0.15, 0.2) is 41.3 Å². The number of phenolic OH excluding ortho intramolecular Hbond substituents is 5. The second-order valence-electron chi connectivity index (χ2n) is 10.3. The highest BCUT2D eigenvalue weighted by atomic mass is 16.6. The van der Waals surface area contributed by atoms with E-state index >= 15 is 0 Å². The van der Waals surface area contributed by atoms with E-state index in [4.69, 9.17) is 14.2 Å². The van der Waals surface area contributed by atoms with E-state index in [1.54, 1.807) is 0 Å². The van der Waals surface area contributed by atoms with Gasteiger partial charge in [-0.05, 0) is 47.5 Å². The number of fused-ring (bicyclic) bond motifs is 3. The molecule has 0 aliphatic carbocycles. The van der Waals surface area contributed by atoms with Gasteiger partial charge in [0, 0.05) is 22.3 Å². The maximum absolute atomic E-state index is 11.4. The van der Waals surface area contributed by atoms with Gasteiger partial charge >= 0.3 is 0 Å². The van der Waals surface area contributed by atoms with Crippen LogP contribution >= 0.6 is 0 Å². The van der Waals surface area contributed by atoms with Crippen molar-refractivity contribution in [1.82, 2.24) is 0 Å². The Morgan fingerprint density at radius 2 is 1.05 bits per heavy atom. The molecule has 0 radical (unpaired) electrons. The van der Waals surface area contributed by atoms with Gasteiger partial charge in [-0.2, -0.15) is 0 Å². The van der Waals surface area contributed by atoms with Gasteiger partial charge in [-0.3, -0.25) is 0 Å². The average molecular weight is 561 g/mol. The van der Waals surface area contributed by atoms with Crippen molar-refractivity contribution < 1.29 is 55.1 Å². The lowest BCUT2D eigenvalue weighted by Crippen LogP contribution is -2.39. The molecule has 41 heavy (non-hydrogen) atoms. The molecular weight excluding hydrogens is 536 g/mol. The van der Waals surface area contributed by atoms with Crippen LogP contribution in [0.5, 0.6) is 46.0 Å². The summed E-state index contributed by atoms with van der Waals surface area (Å²) in [4.78, 5) is 0. The average Bonchev–Trinajstić information content (AvgIpc) is 2.96. The first kappa shape index (κ1) is 25.1. The molecule has 4 aromatic carbocycles. The number of aromatic hydroxyl groups is 5. The molecule has 6 atom stereocenters. The van der Waals surface area contributed by atoms with Crippen LogP contribution in [0.15, 0.2) is 60.7 Å². The molecule has 4 aromatic rings. The summed E-state index contributed by atoms with van der Waals surface area (Å²) in [5, 5.41) is 85.4. The number of rotatable bonds is 2. The predicted molar refractivity (Wildman–Crippen MR) is 140 cm³/mol. The molecule has 11 heteroatoms. The van der Waals surface area contributed by atoms with Gasteiger partial charge in [-0.15, -0.1) is 0 Å². The zero-order valence-electron chi connectivity index (χ0n) is 21.0. The van der Waals surface area contributed by atoms with Gasteiger partial charge in [0.25, 0.3) is 0 Å². The maximum atomic E-state index is 11.4. The third kappa shape index (κ3) is 3.63. The fourth-order valence-corrected chi connectivity index (χ4v) is 5.78. The number of aliphatic hydroxyl groups excluding tert-OH is 3. The molecule has 11 nitrogen and oxygen atoms in total. The molecule has 0 fully saturated rings. The van der Waals surface area contributed by atoms with Crippen LogP contribution in [0.3, 0.4) is 0 Å². The Balaban J connectivity index is 1.38. The van der Waals surface area contributed by atoms with Gasteiger partial charge < -0.3 is 55.1 Å². The second-order valence-corrected chi connectivity index (χ2v) is 10.3. The second kappa shape index (κ2) is 8.83. The van der Waals surface area contributed by atoms with Crippen LogP contribution in [-0.2, 0) is 0 Å². The van der Waals surface area contributed by atoms with E-state index in [1.807, 2.05) is 0 Å². The van der Waals surface area contributed by atoms with E-state index in [9.17, 15) is 40.9 Å². The highest BCUT2D eigenvalue weighted by Crippen LogP contribution is 2.62. The van der Waals surface area contributed by atoms with Crippen molar-refractivity contribution in [3.8, 4) is 57.1 Å². The van der Waals surface area contributed by atoms with Crippen LogP contribution in [0, 0.1) is 0 Å². The third-order valence-electron chi connectivity index (χ3n) is 7.84. The largest absolute Gasteiger partial charge is 0.508 e. The van der Waals surface area contributed by atoms with Crippen molar-refractivity contribution in [1.29, 1.82) is 0 Å². The van der Waals surface area contributed by atoms with E-state index in [0.29, 0.717) is 11.1 Å². The molecule has 0 bridgehead atoms. The summed E-state index contributed by atoms with van der Waals surface area (Å²) in [6, 6.07) is 14.4. The standard InChI is InChI=1S/C30H24O11/c31-13-5-1-11(2-6-13)25-22(36)20(34)17-9-16-15-10-18(33)21(35)29-19(15)30(41-27(16)24(38)28(17)39-25)23(37)26(40-29)12-3-7-14(32)8-4-12/h1-10,20,22-23,25-26,30-38H/t20-,22+,23+,25-,26-,30+/m1/s1. The number of aliphatic hydroxyl groups is 3. The first-order chi connectivity index (χ1) is 19.6. The quantitative estimate of drug-likeness (QED) is 0.168. The molecule has 0 unspecified atom stereocenters. The molecule has 7 rings (SSSR count). The Morgan fingerprint density at radius 1 is 0.512 bits per heavy atom. The topological polar surface area (TPSA) is 190 Å².